The van der Waals surface area contributed by atoms with E-state index in [1.807, 2.05) is 0 Å². The van der Waals surface area contributed by atoms with Crippen molar-refractivity contribution in [2.75, 3.05) is 16.0 Å². The Labute approximate surface area is 116 Å². The minimum absolute atomic E-state index is 0.401. The molecule has 2 aromatic rings. The van der Waals surface area contributed by atoms with E-state index in [9.17, 15) is 9.59 Å². The number of benzene rings is 1. The molecular formula is C14H14N4O2. The summed E-state index contributed by atoms with van der Waals surface area (Å²) in [7, 11) is 0. The van der Waals surface area contributed by atoms with Gasteiger partial charge in [0.25, 0.3) is 0 Å². The van der Waals surface area contributed by atoms with Gasteiger partial charge in [0, 0.05) is 30.7 Å². The number of aromatic nitrogens is 1. The maximum Gasteiger partial charge on any atom is 0.333 e. The predicted molar refractivity (Wildman–Crippen MR) is 77.3 cm³/mol. The zero-order chi connectivity index (χ0) is 14.5. The molecule has 0 aliphatic carbocycles. The quantitative estimate of drug-likeness (QED) is 0.819. The second kappa shape index (κ2) is 5.83. The smallest absolute Gasteiger partial charge is 0.333 e. The third-order valence-corrected chi connectivity index (χ3v) is 2.58. The monoisotopic (exact) mass is 270 g/mol. The van der Waals surface area contributed by atoms with Crippen molar-refractivity contribution in [3.63, 3.8) is 0 Å². The summed E-state index contributed by atoms with van der Waals surface area (Å²) in [6, 6.07) is 9.29. The molecule has 2 rings (SSSR count). The number of pyridine rings is 1. The summed E-state index contributed by atoms with van der Waals surface area (Å²) in [5.74, 6) is -0.401. The summed E-state index contributed by atoms with van der Waals surface area (Å²) < 4.78 is 0. The van der Waals surface area contributed by atoms with Crippen LogP contribution in [0.1, 0.15) is 6.92 Å². The number of hydrogen-bond acceptors (Lipinski definition) is 4. The molecule has 3 N–H and O–H groups in total. The largest absolute Gasteiger partial charge is 0.399 e. The van der Waals surface area contributed by atoms with Gasteiger partial charge in [-0.05, 0) is 30.3 Å². The van der Waals surface area contributed by atoms with E-state index in [0.717, 1.165) is 4.90 Å². The number of carbonyl (C=O) groups excluding carboxylic acids is 2. The van der Waals surface area contributed by atoms with E-state index >= 15 is 0 Å². The Morgan fingerprint density at radius 1 is 1.20 bits per heavy atom. The van der Waals surface area contributed by atoms with Crippen molar-refractivity contribution in [1.29, 1.82) is 0 Å². The molecule has 0 atom stereocenters. The highest BCUT2D eigenvalue weighted by molar-refractivity contribution is 6.17. The zero-order valence-electron chi connectivity index (χ0n) is 10.9. The van der Waals surface area contributed by atoms with E-state index in [2.05, 4.69) is 10.3 Å². The Bertz CT molecular complexity index is 628. The van der Waals surface area contributed by atoms with Crippen LogP contribution in [0, 0.1) is 0 Å². The topological polar surface area (TPSA) is 88.3 Å². The van der Waals surface area contributed by atoms with Crippen molar-refractivity contribution in [3.05, 3.63) is 48.8 Å². The van der Waals surface area contributed by atoms with Crippen LogP contribution >= 0.6 is 0 Å². The normalized spacial score (nSPS) is 9.85. The summed E-state index contributed by atoms with van der Waals surface area (Å²) in [4.78, 5) is 28.8. The van der Waals surface area contributed by atoms with E-state index in [0.29, 0.717) is 17.1 Å². The number of rotatable bonds is 2. The Hall–Kier alpha value is -2.89. The lowest BCUT2D eigenvalue weighted by Crippen LogP contribution is -2.38. The molecule has 0 radical (unpaired) electrons. The van der Waals surface area contributed by atoms with Gasteiger partial charge < -0.3 is 11.1 Å². The molecule has 0 unspecified atom stereocenters. The highest BCUT2D eigenvalue weighted by atomic mass is 16.2. The number of carbonyl (C=O) groups is 2. The maximum atomic E-state index is 12.2. The van der Waals surface area contributed by atoms with Crippen LogP contribution in [0.15, 0.2) is 48.8 Å². The summed E-state index contributed by atoms with van der Waals surface area (Å²) in [5.41, 5.74) is 7.12. The average molecular weight is 270 g/mol. The number of anilines is 3. The van der Waals surface area contributed by atoms with Crippen molar-refractivity contribution in [2.24, 2.45) is 0 Å². The average Bonchev–Trinajstić information content (AvgIpc) is 2.39. The van der Waals surface area contributed by atoms with Crippen molar-refractivity contribution in [1.82, 2.24) is 4.98 Å². The molecule has 0 saturated heterocycles. The van der Waals surface area contributed by atoms with Gasteiger partial charge in [-0.2, -0.15) is 0 Å². The highest BCUT2D eigenvalue weighted by Crippen LogP contribution is 2.19. The lowest BCUT2D eigenvalue weighted by Gasteiger charge is -2.20. The Balaban J connectivity index is 2.25. The van der Waals surface area contributed by atoms with Crippen LogP contribution in [0.4, 0.5) is 21.9 Å². The summed E-state index contributed by atoms with van der Waals surface area (Å²) >= 11 is 0. The molecule has 1 aromatic heterocycles. The first-order chi connectivity index (χ1) is 9.58. The third kappa shape index (κ3) is 3.11. The number of urea groups is 1. The minimum Gasteiger partial charge on any atom is -0.399 e. The van der Waals surface area contributed by atoms with E-state index < -0.39 is 11.9 Å². The van der Waals surface area contributed by atoms with Crippen molar-refractivity contribution >= 4 is 29.0 Å². The Morgan fingerprint density at radius 2 is 1.90 bits per heavy atom. The fourth-order valence-corrected chi connectivity index (χ4v) is 1.72. The molecule has 3 amide bonds. The van der Waals surface area contributed by atoms with Gasteiger partial charge in [-0.15, -0.1) is 0 Å². The van der Waals surface area contributed by atoms with Crippen LogP contribution in [-0.4, -0.2) is 16.9 Å². The number of imide groups is 1. The summed E-state index contributed by atoms with van der Waals surface area (Å²) in [6.07, 6.45) is 3.10. The molecule has 0 spiro atoms. The van der Waals surface area contributed by atoms with Gasteiger partial charge in [0.2, 0.25) is 5.91 Å². The molecule has 0 aliphatic heterocycles. The van der Waals surface area contributed by atoms with Crippen LogP contribution in [-0.2, 0) is 4.79 Å². The number of nitrogens with zero attached hydrogens (tertiary/aromatic N) is 2. The Morgan fingerprint density at radius 3 is 2.50 bits per heavy atom. The Kier molecular flexibility index (Phi) is 3.95. The van der Waals surface area contributed by atoms with Gasteiger partial charge in [-0.25, -0.2) is 9.69 Å². The standard InChI is InChI=1S/C14H14N4O2/c1-10(19)18(13-4-2-3-11(15)9-13)14(20)17-12-5-7-16-8-6-12/h2-9H,15H2,1H3,(H,16,17,20). The van der Waals surface area contributed by atoms with Gasteiger partial charge in [-0.1, -0.05) is 6.07 Å². The van der Waals surface area contributed by atoms with Gasteiger partial charge in [0.05, 0.1) is 5.69 Å². The van der Waals surface area contributed by atoms with Crippen molar-refractivity contribution in [3.8, 4) is 0 Å². The molecule has 0 fully saturated rings. The molecule has 6 nitrogen and oxygen atoms in total. The fraction of sp³-hybridized carbons (Fsp3) is 0.0714. The van der Waals surface area contributed by atoms with E-state index in [1.54, 1.807) is 48.8 Å². The zero-order valence-corrected chi connectivity index (χ0v) is 10.9. The third-order valence-electron chi connectivity index (χ3n) is 2.58. The van der Waals surface area contributed by atoms with Gasteiger partial charge in [-0.3, -0.25) is 9.78 Å². The molecule has 0 bridgehead atoms. The molecule has 102 valence electrons. The van der Waals surface area contributed by atoms with E-state index in [4.69, 9.17) is 5.73 Å². The number of nitrogens with two attached hydrogens (primary N) is 1. The predicted octanol–water partition coefficient (Wildman–Crippen LogP) is 2.25. The van der Waals surface area contributed by atoms with E-state index in [-0.39, 0.29) is 0 Å². The van der Waals surface area contributed by atoms with Crippen molar-refractivity contribution in [2.45, 2.75) is 6.92 Å². The number of amides is 3. The van der Waals surface area contributed by atoms with Gasteiger partial charge in [0.15, 0.2) is 0 Å². The molecule has 20 heavy (non-hydrogen) atoms. The molecule has 1 heterocycles. The molecule has 0 aliphatic rings. The summed E-state index contributed by atoms with van der Waals surface area (Å²) in [5, 5.41) is 2.63. The van der Waals surface area contributed by atoms with Crippen molar-refractivity contribution < 1.29 is 9.59 Å². The first-order valence-electron chi connectivity index (χ1n) is 5.95. The summed E-state index contributed by atoms with van der Waals surface area (Å²) in [6.45, 7) is 1.31. The second-order valence-corrected chi connectivity index (χ2v) is 4.12. The first kappa shape index (κ1) is 13.5. The fourth-order valence-electron chi connectivity index (χ4n) is 1.72. The van der Waals surface area contributed by atoms with Crippen LogP contribution < -0.4 is 16.0 Å². The molecule has 6 heteroatoms. The first-order valence-corrected chi connectivity index (χ1v) is 5.95. The SMILES string of the molecule is CC(=O)N(C(=O)Nc1ccncc1)c1cccc(N)c1. The number of nitrogens with one attached hydrogen (secondary N) is 1. The minimum atomic E-state index is -0.547. The molecule has 1 aromatic carbocycles. The van der Waals surface area contributed by atoms with Crippen LogP contribution in [0.2, 0.25) is 0 Å². The molecule has 0 saturated carbocycles. The van der Waals surface area contributed by atoms with Crippen LogP contribution in [0.5, 0.6) is 0 Å². The lowest BCUT2D eigenvalue weighted by molar-refractivity contribution is -0.115. The van der Waals surface area contributed by atoms with Gasteiger partial charge >= 0.3 is 6.03 Å². The second-order valence-electron chi connectivity index (χ2n) is 4.12. The van der Waals surface area contributed by atoms with E-state index in [1.165, 1.54) is 6.92 Å². The number of hydrogen-bond donors (Lipinski definition) is 2. The van der Waals surface area contributed by atoms with Crippen LogP contribution in [0.25, 0.3) is 0 Å². The van der Waals surface area contributed by atoms with Crippen LogP contribution in [0.3, 0.4) is 0 Å². The maximum absolute atomic E-state index is 12.2. The number of nitrogen functional groups attached to an aromatic ring is 1. The lowest BCUT2D eigenvalue weighted by atomic mass is 10.2. The van der Waals surface area contributed by atoms with Gasteiger partial charge in [0.1, 0.15) is 0 Å². The molecular weight excluding hydrogens is 256 g/mol. The highest BCUT2D eigenvalue weighted by Gasteiger charge is 2.20.